The minimum absolute atomic E-state index is 0.257. The third-order valence-electron chi connectivity index (χ3n) is 2.53. The molecular weight excluding hydrogens is 188 g/mol. The molecule has 15 heavy (non-hydrogen) atoms. The lowest BCUT2D eigenvalue weighted by molar-refractivity contribution is 0.0600. The van der Waals surface area contributed by atoms with E-state index in [4.69, 9.17) is 4.74 Å². The minimum Gasteiger partial charge on any atom is -0.465 e. The van der Waals surface area contributed by atoms with Gasteiger partial charge in [-0.3, -0.25) is 0 Å². The molecule has 0 aliphatic carbocycles. The molecule has 2 heteroatoms. The zero-order valence-corrected chi connectivity index (χ0v) is 9.67. The van der Waals surface area contributed by atoms with Crippen molar-refractivity contribution in [1.82, 2.24) is 0 Å². The van der Waals surface area contributed by atoms with Crippen LogP contribution in [-0.2, 0) is 17.6 Å². The molecule has 0 unspecified atom stereocenters. The van der Waals surface area contributed by atoms with Crippen LogP contribution in [0.4, 0.5) is 0 Å². The van der Waals surface area contributed by atoms with Gasteiger partial charge in [0.15, 0.2) is 0 Å². The van der Waals surface area contributed by atoms with Crippen molar-refractivity contribution in [1.29, 1.82) is 0 Å². The normalized spacial score (nSPS) is 10.1. The van der Waals surface area contributed by atoms with Crippen molar-refractivity contribution in [2.75, 3.05) is 7.11 Å². The maximum absolute atomic E-state index is 11.3. The third kappa shape index (κ3) is 2.82. The average molecular weight is 206 g/mol. The van der Waals surface area contributed by atoms with Gasteiger partial charge in [-0.1, -0.05) is 26.3 Å². The van der Waals surface area contributed by atoms with Crippen molar-refractivity contribution in [3.8, 4) is 0 Å². The van der Waals surface area contributed by atoms with Crippen LogP contribution in [0.5, 0.6) is 0 Å². The second-order valence-corrected chi connectivity index (χ2v) is 3.58. The molecule has 0 aliphatic rings. The van der Waals surface area contributed by atoms with Crippen molar-refractivity contribution < 1.29 is 9.53 Å². The minimum atomic E-state index is -0.257. The number of carbonyl (C=O) groups is 1. The zero-order chi connectivity index (χ0) is 11.3. The SMILES string of the molecule is CCCc1ccc(C(=O)OC)cc1CC. The van der Waals surface area contributed by atoms with Crippen LogP contribution in [0.2, 0.25) is 0 Å². The van der Waals surface area contributed by atoms with E-state index in [1.807, 2.05) is 18.2 Å². The van der Waals surface area contributed by atoms with Gasteiger partial charge in [0.25, 0.3) is 0 Å². The van der Waals surface area contributed by atoms with Crippen LogP contribution in [0.1, 0.15) is 41.8 Å². The van der Waals surface area contributed by atoms with Crippen LogP contribution in [0.3, 0.4) is 0 Å². The molecule has 0 radical (unpaired) electrons. The third-order valence-corrected chi connectivity index (χ3v) is 2.53. The first-order chi connectivity index (χ1) is 7.22. The second-order valence-electron chi connectivity index (χ2n) is 3.58. The summed E-state index contributed by atoms with van der Waals surface area (Å²) in [6.45, 7) is 4.27. The summed E-state index contributed by atoms with van der Waals surface area (Å²) in [6.07, 6.45) is 3.16. The molecule has 0 amide bonds. The number of hydrogen-bond acceptors (Lipinski definition) is 2. The number of methoxy groups -OCH3 is 1. The summed E-state index contributed by atoms with van der Waals surface area (Å²) in [5, 5.41) is 0. The number of ether oxygens (including phenoxy) is 1. The predicted octanol–water partition coefficient (Wildman–Crippen LogP) is 2.99. The average Bonchev–Trinajstić information content (AvgIpc) is 2.29. The smallest absolute Gasteiger partial charge is 0.337 e. The van der Waals surface area contributed by atoms with Gasteiger partial charge in [0.1, 0.15) is 0 Å². The lowest BCUT2D eigenvalue weighted by Crippen LogP contribution is -2.03. The summed E-state index contributed by atoms with van der Waals surface area (Å²) >= 11 is 0. The molecule has 0 heterocycles. The molecule has 2 nitrogen and oxygen atoms in total. The Balaban J connectivity index is 3.01. The van der Waals surface area contributed by atoms with E-state index in [0.29, 0.717) is 5.56 Å². The molecular formula is C13H18O2. The van der Waals surface area contributed by atoms with Crippen LogP contribution in [0.25, 0.3) is 0 Å². The molecule has 1 rings (SSSR count). The summed E-state index contributed by atoms with van der Waals surface area (Å²) in [6, 6.07) is 5.82. The highest BCUT2D eigenvalue weighted by molar-refractivity contribution is 5.89. The van der Waals surface area contributed by atoms with Gasteiger partial charge < -0.3 is 4.74 Å². The standard InChI is InChI=1S/C13H18O2/c1-4-6-11-7-8-12(13(14)15-3)9-10(11)5-2/h7-9H,4-6H2,1-3H3. The molecule has 0 saturated heterocycles. The lowest BCUT2D eigenvalue weighted by Gasteiger charge is -2.08. The van der Waals surface area contributed by atoms with E-state index in [0.717, 1.165) is 19.3 Å². The highest BCUT2D eigenvalue weighted by Crippen LogP contribution is 2.15. The van der Waals surface area contributed by atoms with E-state index in [1.165, 1.54) is 18.2 Å². The second kappa shape index (κ2) is 5.54. The number of carbonyl (C=O) groups excluding carboxylic acids is 1. The Morgan fingerprint density at radius 2 is 2.00 bits per heavy atom. The van der Waals surface area contributed by atoms with E-state index in [-0.39, 0.29) is 5.97 Å². The van der Waals surface area contributed by atoms with E-state index in [1.54, 1.807) is 0 Å². The van der Waals surface area contributed by atoms with E-state index < -0.39 is 0 Å². The first kappa shape index (κ1) is 11.8. The maximum Gasteiger partial charge on any atom is 0.337 e. The molecule has 0 saturated carbocycles. The molecule has 0 spiro atoms. The molecule has 0 aliphatic heterocycles. The Labute approximate surface area is 91.3 Å². The van der Waals surface area contributed by atoms with Crippen LogP contribution < -0.4 is 0 Å². The highest BCUT2D eigenvalue weighted by Gasteiger charge is 2.08. The first-order valence-electron chi connectivity index (χ1n) is 5.43. The summed E-state index contributed by atoms with van der Waals surface area (Å²) in [7, 11) is 1.41. The molecule has 82 valence electrons. The van der Waals surface area contributed by atoms with Gasteiger partial charge in [-0.05, 0) is 36.1 Å². The molecule has 0 N–H and O–H groups in total. The number of hydrogen-bond donors (Lipinski definition) is 0. The van der Waals surface area contributed by atoms with E-state index in [2.05, 4.69) is 13.8 Å². The summed E-state index contributed by atoms with van der Waals surface area (Å²) in [4.78, 5) is 11.3. The topological polar surface area (TPSA) is 26.3 Å². The quantitative estimate of drug-likeness (QED) is 0.708. The number of esters is 1. The Kier molecular flexibility index (Phi) is 4.35. The van der Waals surface area contributed by atoms with Gasteiger partial charge in [0, 0.05) is 0 Å². The fourth-order valence-electron chi connectivity index (χ4n) is 1.71. The number of rotatable bonds is 4. The van der Waals surface area contributed by atoms with Gasteiger partial charge in [0.2, 0.25) is 0 Å². The maximum atomic E-state index is 11.3. The molecule has 0 atom stereocenters. The Hall–Kier alpha value is -1.31. The largest absolute Gasteiger partial charge is 0.465 e. The molecule has 1 aromatic rings. The van der Waals surface area contributed by atoms with E-state index in [9.17, 15) is 4.79 Å². The lowest BCUT2D eigenvalue weighted by atomic mass is 9.99. The van der Waals surface area contributed by atoms with Gasteiger partial charge in [-0.2, -0.15) is 0 Å². The van der Waals surface area contributed by atoms with Gasteiger partial charge >= 0.3 is 5.97 Å². The number of benzene rings is 1. The van der Waals surface area contributed by atoms with Gasteiger partial charge in [0.05, 0.1) is 12.7 Å². The molecule has 1 aromatic carbocycles. The van der Waals surface area contributed by atoms with Crippen LogP contribution in [-0.4, -0.2) is 13.1 Å². The molecule has 0 aromatic heterocycles. The number of aryl methyl sites for hydroxylation is 2. The predicted molar refractivity (Wildman–Crippen MR) is 61.2 cm³/mol. The van der Waals surface area contributed by atoms with Crippen molar-refractivity contribution in [3.63, 3.8) is 0 Å². The molecule has 0 bridgehead atoms. The zero-order valence-electron chi connectivity index (χ0n) is 9.67. The van der Waals surface area contributed by atoms with Gasteiger partial charge in [-0.25, -0.2) is 4.79 Å². The van der Waals surface area contributed by atoms with Gasteiger partial charge in [-0.15, -0.1) is 0 Å². The Morgan fingerprint density at radius 3 is 2.53 bits per heavy atom. The fourth-order valence-corrected chi connectivity index (χ4v) is 1.71. The molecule has 0 fully saturated rings. The fraction of sp³-hybridized carbons (Fsp3) is 0.462. The first-order valence-corrected chi connectivity index (χ1v) is 5.43. The van der Waals surface area contributed by atoms with Crippen molar-refractivity contribution >= 4 is 5.97 Å². The highest BCUT2D eigenvalue weighted by atomic mass is 16.5. The van der Waals surface area contributed by atoms with Crippen LogP contribution in [0, 0.1) is 0 Å². The summed E-state index contributed by atoms with van der Waals surface area (Å²) in [5.74, 6) is -0.257. The summed E-state index contributed by atoms with van der Waals surface area (Å²) < 4.78 is 4.70. The summed E-state index contributed by atoms with van der Waals surface area (Å²) in [5.41, 5.74) is 3.24. The Morgan fingerprint density at radius 1 is 1.27 bits per heavy atom. The Bertz CT molecular complexity index is 342. The monoisotopic (exact) mass is 206 g/mol. The van der Waals surface area contributed by atoms with Crippen molar-refractivity contribution in [3.05, 3.63) is 34.9 Å². The van der Waals surface area contributed by atoms with Crippen molar-refractivity contribution in [2.45, 2.75) is 33.1 Å². The van der Waals surface area contributed by atoms with Crippen LogP contribution in [0.15, 0.2) is 18.2 Å². The van der Waals surface area contributed by atoms with E-state index >= 15 is 0 Å². The van der Waals surface area contributed by atoms with Crippen molar-refractivity contribution in [2.24, 2.45) is 0 Å². The van der Waals surface area contributed by atoms with Crippen LogP contribution >= 0.6 is 0 Å².